The normalized spacial score (nSPS) is 20.9. The second-order valence-corrected chi connectivity index (χ2v) is 5.45. The quantitative estimate of drug-likeness (QED) is 0.704. The number of nitriles is 1. The third-order valence-electron chi connectivity index (χ3n) is 4.11. The van der Waals surface area contributed by atoms with Crippen LogP contribution in [0, 0.1) is 23.2 Å². The molecule has 1 saturated carbocycles. The van der Waals surface area contributed by atoms with E-state index in [0.29, 0.717) is 11.8 Å². The summed E-state index contributed by atoms with van der Waals surface area (Å²) < 4.78 is 0. The molecule has 0 aromatic carbocycles. The molecule has 98 valence electrons. The van der Waals surface area contributed by atoms with Crippen LogP contribution in [-0.2, 0) is 0 Å². The molecular formula is C14H27N3. The largest absolute Gasteiger partial charge is 0.301 e. The van der Waals surface area contributed by atoms with Crippen molar-refractivity contribution in [1.29, 1.82) is 5.26 Å². The maximum atomic E-state index is 9.48. The van der Waals surface area contributed by atoms with Gasteiger partial charge in [0.2, 0.25) is 0 Å². The Morgan fingerprint density at radius 1 is 1.47 bits per heavy atom. The summed E-state index contributed by atoms with van der Waals surface area (Å²) in [5.41, 5.74) is -0.316. The molecule has 2 atom stereocenters. The van der Waals surface area contributed by atoms with Gasteiger partial charge in [-0.25, -0.2) is 0 Å². The molecule has 3 nitrogen and oxygen atoms in total. The van der Waals surface area contributed by atoms with Crippen molar-refractivity contribution in [3.05, 3.63) is 0 Å². The van der Waals surface area contributed by atoms with Crippen LogP contribution >= 0.6 is 0 Å². The van der Waals surface area contributed by atoms with Gasteiger partial charge in [0.15, 0.2) is 0 Å². The fourth-order valence-electron chi connectivity index (χ4n) is 2.40. The van der Waals surface area contributed by atoms with Crippen LogP contribution in [-0.4, -0.2) is 37.1 Å². The lowest BCUT2D eigenvalue weighted by molar-refractivity contribution is 0.186. The summed E-state index contributed by atoms with van der Waals surface area (Å²) in [6, 6.07) is 2.53. The molecule has 1 aliphatic rings. The molecule has 0 aromatic heterocycles. The molecule has 0 bridgehead atoms. The van der Waals surface area contributed by atoms with Gasteiger partial charge in [0, 0.05) is 13.1 Å². The molecule has 0 spiro atoms. The van der Waals surface area contributed by atoms with Crippen molar-refractivity contribution in [3.8, 4) is 6.07 Å². The van der Waals surface area contributed by atoms with Crippen molar-refractivity contribution >= 4 is 0 Å². The zero-order valence-corrected chi connectivity index (χ0v) is 11.8. The van der Waals surface area contributed by atoms with Crippen LogP contribution in [0.4, 0.5) is 0 Å². The Morgan fingerprint density at radius 2 is 2.12 bits per heavy atom. The fourth-order valence-corrected chi connectivity index (χ4v) is 2.40. The molecule has 0 heterocycles. The molecule has 0 radical (unpaired) electrons. The molecule has 1 fully saturated rings. The standard InChI is InChI=1S/C14H27N3/c1-5-12(3)9-17(6-2)11-14(10-15,16-4)13-7-8-13/h12-13,16H,5-9,11H2,1-4H3. The summed E-state index contributed by atoms with van der Waals surface area (Å²) in [6.45, 7) is 9.70. The van der Waals surface area contributed by atoms with Crippen LogP contribution in [0.15, 0.2) is 0 Å². The first-order valence-electron chi connectivity index (χ1n) is 6.94. The predicted molar refractivity (Wildman–Crippen MR) is 71.7 cm³/mol. The van der Waals surface area contributed by atoms with E-state index in [4.69, 9.17) is 0 Å². The van der Waals surface area contributed by atoms with Gasteiger partial charge in [-0.15, -0.1) is 0 Å². The number of hydrogen-bond donors (Lipinski definition) is 1. The van der Waals surface area contributed by atoms with E-state index in [1.165, 1.54) is 19.3 Å². The average Bonchev–Trinajstić information content (AvgIpc) is 3.19. The van der Waals surface area contributed by atoms with Crippen molar-refractivity contribution < 1.29 is 0 Å². The zero-order chi connectivity index (χ0) is 12.9. The second kappa shape index (κ2) is 6.37. The van der Waals surface area contributed by atoms with Crippen LogP contribution in [0.1, 0.15) is 40.0 Å². The highest BCUT2D eigenvalue weighted by molar-refractivity contribution is 5.16. The van der Waals surface area contributed by atoms with Gasteiger partial charge in [0.1, 0.15) is 5.54 Å². The van der Waals surface area contributed by atoms with Gasteiger partial charge in [0.05, 0.1) is 6.07 Å². The summed E-state index contributed by atoms with van der Waals surface area (Å²) in [5, 5.41) is 12.8. The number of nitrogens with one attached hydrogen (secondary N) is 1. The first kappa shape index (κ1) is 14.5. The molecule has 0 saturated heterocycles. The van der Waals surface area contributed by atoms with E-state index in [0.717, 1.165) is 19.6 Å². The molecule has 0 aliphatic heterocycles. The SMILES string of the molecule is CCC(C)CN(CC)CC(C#N)(NC)C1CC1. The van der Waals surface area contributed by atoms with E-state index >= 15 is 0 Å². The highest BCUT2D eigenvalue weighted by Gasteiger charge is 2.45. The summed E-state index contributed by atoms with van der Waals surface area (Å²) in [5.74, 6) is 1.27. The Hall–Kier alpha value is -0.590. The minimum Gasteiger partial charge on any atom is -0.301 e. The van der Waals surface area contributed by atoms with Crippen LogP contribution < -0.4 is 5.32 Å². The van der Waals surface area contributed by atoms with Gasteiger partial charge >= 0.3 is 0 Å². The number of hydrogen-bond acceptors (Lipinski definition) is 3. The number of rotatable bonds is 8. The summed E-state index contributed by atoms with van der Waals surface area (Å²) in [4.78, 5) is 2.42. The molecule has 0 aromatic rings. The van der Waals surface area contributed by atoms with Crippen LogP contribution in [0.25, 0.3) is 0 Å². The molecule has 3 heteroatoms. The fraction of sp³-hybridized carbons (Fsp3) is 0.929. The molecule has 1 N–H and O–H groups in total. The van der Waals surface area contributed by atoms with Crippen LogP contribution in [0.3, 0.4) is 0 Å². The van der Waals surface area contributed by atoms with Crippen molar-refractivity contribution in [1.82, 2.24) is 10.2 Å². The van der Waals surface area contributed by atoms with Crippen molar-refractivity contribution in [2.45, 2.75) is 45.6 Å². The molecule has 1 aliphatic carbocycles. The molecular weight excluding hydrogens is 210 g/mol. The van der Waals surface area contributed by atoms with Crippen LogP contribution in [0.5, 0.6) is 0 Å². The number of likely N-dealkylation sites (N-methyl/N-ethyl adjacent to an activating group) is 2. The second-order valence-electron chi connectivity index (χ2n) is 5.45. The van der Waals surface area contributed by atoms with Crippen molar-refractivity contribution in [2.24, 2.45) is 11.8 Å². The minimum atomic E-state index is -0.316. The topological polar surface area (TPSA) is 39.1 Å². The van der Waals surface area contributed by atoms with Crippen molar-refractivity contribution in [3.63, 3.8) is 0 Å². The summed E-state index contributed by atoms with van der Waals surface area (Å²) in [6.07, 6.45) is 3.61. The van der Waals surface area contributed by atoms with E-state index in [-0.39, 0.29) is 5.54 Å². The first-order chi connectivity index (χ1) is 8.11. The first-order valence-corrected chi connectivity index (χ1v) is 6.94. The smallest absolute Gasteiger partial charge is 0.122 e. The average molecular weight is 237 g/mol. The van der Waals surface area contributed by atoms with E-state index in [9.17, 15) is 5.26 Å². The Labute approximate surface area is 106 Å². The Morgan fingerprint density at radius 3 is 2.47 bits per heavy atom. The summed E-state index contributed by atoms with van der Waals surface area (Å²) in [7, 11) is 1.93. The minimum absolute atomic E-state index is 0.316. The van der Waals surface area contributed by atoms with Gasteiger partial charge in [0.25, 0.3) is 0 Å². The lowest BCUT2D eigenvalue weighted by Gasteiger charge is -2.34. The zero-order valence-electron chi connectivity index (χ0n) is 11.8. The van der Waals surface area contributed by atoms with E-state index < -0.39 is 0 Å². The Kier molecular flexibility index (Phi) is 5.42. The van der Waals surface area contributed by atoms with E-state index in [1.54, 1.807) is 0 Å². The third kappa shape index (κ3) is 3.69. The maximum absolute atomic E-state index is 9.48. The van der Waals surface area contributed by atoms with Crippen LogP contribution in [0.2, 0.25) is 0 Å². The molecule has 17 heavy (non-hydrogen) atoms. The lowest BCUT2D eigenvalue weighted by Crippen LogP contribution is -2.53. The predicted octanol–water partition coefficient (Wildman–Crippen LogP) is 2.25. The Bertz CT molecular complexity index is 267. The van der Waals surface area contributed by atoms with Gasteiger partial charge in [-0.2, -0.15) is 5.26 Å². The maximum Gasteiger partial charge on any atom is 0.122 e. The third-order valence-corrected chi connectivity index (χ3v) is 4.11. The van der Waals surface area contributed by atoms with Gasteiger partial charge in [-0.05, 0) is 38.3 Å². The van der Waals surface area contributed by atoms with E-state index in [2.05, 4.69) is 37.1 Å². The number of nitrogens with zero attached hydrogens (tertiary/aromatic N) is 2. The Balaban J connectivity index is 2.61. The molecule has 0 amide bonds. The molecule has 1 rings (SSSR count). The monoisotopic (exact) mass is 237 g/mol. The lowest BCUT2D eigenvalue weighted by atomic mass is 9.94. The molecule has 2 unspecified atom stereocenters. The summed E-state index contributed by atoms with van der Waals surface area (Å²) >= 11 is 0. The van der Waals surface area contributed by atoms with Crippen molar-refractivity contribution in [2.75, 3.05) is 26.7 Å². The highest BCUT2D eigenvalue weighted by Crippen LogP contribution is 2.39. The van der Waals surface area contributed by atoms with Gasteiger partial charge in [-0.1, -0.05) is 27.2 Å². The van der Waals surface area contributed by atoms with Gasteiger partial charge < -0.3 is 10.2 Å². The highest BCUT2D eigenvalue weighted by atomic mass is 15.2. The van der Waals surface area contributed by atoms with E-state index in [1.807, 2.05) is 7.05 Å². The van der Waals surface area contributed by atoms with Gasteiger partial charge in [-0.3, -0.25) is 0 Å².